The average molecular weight is 384 g/mol. The van der Waals surface area contributed by atoms with Crippen molar-refractivity contribution in [3.63, 3.8) is 0 Å². The highest BCUT2D eigenvalue weighted by Gasteiger charge is 2.12. The van der Waals surface area contributed by atoms with Gasteiger partial charge in [-0.1, -0.05) is 12.1 Å². The molecule has 3 aromatic heterocycles. The Kier molecular flexibility index (Phi) is 4.01. The normalized spacial score (nSPS) is 11.6. The first-order valence-electron chi connectivity index (χ1n) is 9.47. The molecule has 0 radical (unpaired) electrons. The third kappa shape index (κ3) is 3.00. The van der Waals surface area contributed by atoms with E-state index in [0.717, 1.165) is 38.4 Å². The van der Waals surface area contributed by atoms with Crippen LogP contribution in [-0.2, 0) is 0 Å². The number of nitrogens with zero attached hydrogens (tertiary/aromatic N) is 5. The number of nitrogens with one attached hydrogen (secondary N) is 1. The summed E-state index contributed by atoms with van der Waals surface area (Å²) in [5.74, 6) is 1.14. The molecule has 0 aliphatic heterocycles. The fourth-order valence-electron chi connectivity index (χ4n) is 3.50. The average Bonchev–Trinajstić information content (AvgIpc) is 3.18. The van der Waals surface area contributed by atoms with E-state index in [2.05, 4.69) is 40.3 Å². The minimum atomic E-state index is 0.245. The lowest BCUT2D eigenvalue weighted by molar-refractivity contribution is 0.399. The first-order chi connectivity index (χ1) is 14.1. The molecule has 0 amide bonds. The summed E-state index contributed by atoms with van der Waals surface area (Å²) in [6.07, 6.45) is 3.73. The van der Waals surface area contributed by atoms with Crippen molar-refractivity contribution in [1.82, 2.24) is 24.7 Å². The van der Waals surface area contributed by atoms with E-state index in [1.54, 1.807) is 7.11 Å². The Morgan fingerprint density at radius 2 is 1.76 bits per heavy atom. The Morgan fingerprint density at radius 3 is 2.59 bits per heavy atom. The number of methoxy groups -OCH3 is 1. The molecule has 2 aromatic carbocycles. The van der Waals surface area contributed by atoms with Crippen LogP contribution in [0.25, 0.3) is 32.7 Å². The lowest BCUT2D eigenvalue weighted by Crippen LogP contribution is -2.04. The van der Waals surface area contributed by atoms with Gasteiger partial charge in [0, 0.05) is 40.2 Å². The Morgan fingerprint density at radius 1 is 0.931 bits per heavy atom. The van der Waals surface area contributed by atoms with Crippen LogP contribution in [0.15, 0.2) is 54.9 Å². The Bertz CT molecular complexity index is 1360. The number of fused-ring (bicyclic) bond motifs is 4. The van der Waals surface area contributed by atoms with Crippen molar-refractivity contribution >= 4 is 44.3 Å². The lowest BCUT2D eigenvalue weighted by Gasteiger charge is -2.10. The molecule has 0 aliphatic carbocycles. The van der Waals surface area contributed by atoms with Gasteiger partial charge >= 0.3 is 0 Å². The standard InChI is InChI=1S/C22H20N6O/c1-13(2)28-21-16(12-24-28)5-4-15-11-23-22(27-20(15)21)25-17-7-8-18-14(10-17)6-9-19(26-18)29-3/h4-13H,1-3H3,(H,23,25,27). The first-order valence-corrected chi connectivity index (χ1v) is 9.47. The summed E-state index contributed by atoms with van der Waals surface area (Å²) in [5, 5.41) is 10.9. The smallest absolute Gasteiger partial charge is 0.227 e. The van der Waals surface area contributed by atoms with Crippen LogP contribution in [0.4, 0.5) is 11.6 Å². The number of rotatable bonds is 4. The molecule has 0 atom stereocenters. The lowest BCUT2D eigenvalue weighted by atomic mass is 10.2. The fourth-order valence-corrected chi connectivity index (χ4v) is 3.50. The molecular formula is C22H20N6O. The molecule has 0 fully saturated rings. The summed E-state index contributed by atoms with van der Waals surface area (Å²) in [5.41, 5.74) is 3.68. The maximum atomic E-state index is 5.19. The molecule has 144 valence electrons. The number of ether oxygens (including phenoxy) is 1. The molecule has 29 heavy (non-hydrogen) atoms. The van der Waals surface area contributed by atoms with Gasteiger partial charge in [-0.2, -0.15) is 5.10 Å². The van der Waals surface area contributed by atoms with Crippen LogP contribution in [0.1, 0.15) is 19.9 Å². The maximum Gasteiger partial charge on any atom is 0.227 e. The zero-order chi connectivity index (χ0) is 20.0. The van der Waals surface area contributed by atoms with E-state index in [9.17, 15) is 0 Å². The van der Waals surface area contributed by atoms with Crippen LogP contribution in [0.2, 0.25) is 0 Å². The third-order valence-corrected chi connectivity index (χ3v) is 4.93. The van der Waals surface area contributed by atoms with Crippen molar-refractivity contribution in [2.45, 2.75) is 19.9 Å². The molecule has 7 heteroatoms. The predicted molar refractivity (Wildman–Crippen MR) is 115 cm³/mol. The van der Waals surface area contributed by atoms with Gasteiger partial charge in [0.2, 0.25) is 11.8 Å². The van der Waals surface area contributed by atoms with Crippen molar-refractivity contribution in [1.29, 1.82) is 0 Å². The number of benzene rings is 2. The molecule has 0 spiro atoms. The molecule has 3 heterocycles. The van der Waals surface area contributed by atoms with Gasteiger partial charge in [-0.25, -0.2) is 15.0 Å². The Hall–Kier alpha value is -3.74. The molecule has 0 bridgehead atoms. The second kappa shape index (κ2) is 6.70. The van der Waals surface area contributed by atoms with Crippen LogP contribution in [0.5, 0.6) is 5.88 Å². The minimum absolute atomic E-state index is 0.245. The van der Waals surface area contributed by atoms with Crippen molar-refractivity contribution in [2.24, 2.45) is 0 Å². The monoisotopic (exact) mass is 384 g/mol. The largest absolute Gasteiger partial charge is 0.481 e. The van der Waals surface area contributed by atoms with Gasteiger partial charge in [0.05, 0.1) is 24.3 Å². The number of aromatic nitrogens is 5. The molecule has 5 rings (SSSR count). The Balaban J connectivity index is 1.57. The van der Waals surface area contributed by atoms with E-state index in [-0.39, 0.29) is 6.04 Å². The van der Waals surface area contributed by atoms with E-state index in [4.69, 9.17) is 9.72 Å². The number of pyridine rings is 1. The highest BCUT2D eigenvalue weighted by molar-refractivity contribution is 6.03. The van der Waals surface area contributed by atoms with Gasteiger partial charge in [-0.05, 0) is 38.1 Å². The predicted octanol–water partition coefficient (Wildman–Crippen LogP) is 4.86. The molecule has 7 nitrogen and oxygen atoms in total. The zero-order valence-electron chi connectivity index (χ0n) is 16.4. The first kappa shape index (κ1) is 17.4. The van der Waals surface area contributed by atoms with E-state index in [1.165, 1.54) is 0 Å². The van der Waals surface area contributed by atoms with E-state index in [0.29, 0.717) is 11.8 Å². The summed E-state index contributed by atoms with van der Waals surface area (Å²) < 4.78 is 7.19. The van der Waals surface area contributed by atoms with Crippen molar-refractivity contribution < 1.29 is 4.74 Å². The highest BCUT2D eigenvalue weighted by Crippen LogP contribution is 2.27. The van der Waals surface area contributed by atoms with Crippen LogP contribution in [0, 0.1) is 0 Å². The summed E-state index contributed by atoms with van der Waals surface area (Å²) in [7, 11) is 1.61. The van der Waals surface area contributed by atoms with Gasteiger partial charge in [-0.3, -0.25) is 4.68 Å². The highest BCUT2D eigenvalue weighted by atomic mass is 16.5. The quantitative estimate of drug-likeness (QED) is 0.477. The van der Waals surface area contributed by atoms with E-state index >= 15 is 0 Å². The zero-order valence-corrected chi connectivity index (χ0v) is 16.4. The van der Waals surface area contributed by atoms with Crippen LogP contribution in [-0.4, -0.2) is 31.8 Å². The number of anilines is 2. The van der Waals surface area contributed by atoms with Gasteiger partial charge in [0.15, 0.2) is 0 Å². The minimum Gasteiger partial charge on any atom is -0.481 e. The number of hydrogen-bond donors (Lipinski definition) is 1. The van der Waals surface area contributed by atoms with Crippen molar-refractivity contribution in [3.05, 3.63) is 54.9 Å². The van der Waals surface area contributed by atoms with Crippen molar-refractivity contribution in [2.75, 3.05) is 12.4 Å². The molecule has 0 saturated heterocycles. The van der Waals surface area contributed by atoms with E-state index in [1.807, 2.05) is 53.5 Å². The molecular weight excluding hydrogens is 364 g/mol. The molecule has 0 aliphatic rings. The number of hydrogen-bond acceptors (Lipinski definition) is 6. The molecule has 0 unspecified atom stereocenters. The SMILES string of the molecule is COc1ccc2cc(Nc3ncc4ccc5cnn(C(C)C)c5c4n3)ccc2n1. The summed E-state index contributed by atoms with van der Waals surface area (Å²) in [6, 6.07) is 14.1. The van der Waals surface area contributed by atoms with E-state index < -0.39 is 0 Å². The molecule has 5 aromatic rings. The Labute approximate surface area is 167 Å². The fraction of sp³-hybridized carbons (Fsp3) is 0.182. The summed E-state index contributed by atoms with van der Waals surface area (Å²) in [4.78, 5) is 13.7. The second-order valence-corrected chi connectivity index (χ2v) is 7.20. The molecule has 1 N–H and O–H groups in total. The van der Waals surface area contributed by atoms with Gasteiger partial charge in [0.1, 0.15) is 5.52 Å². The topological polar surface area (TPSA) is 77.8 Å². The second-order valence-electron chi connectivity index (χ2n) is 7.20. The van der Waals surface area contributed by atoms with Gasteiger partial charge in [0.25, 0.3) is 0 Å². The summed E-state index contributed by atoms with van der Waals surface area (Å²) in [6.45, 7) is 4.23. The van der Waals surface area contributed by atoms with Crippen LogP contribution < -0.4 is 10.1 Å². The van der Waals surface area contributed by atoms with Crippen LogP contribution in [0.3, 0.4) is 0 Å². The van der Waals surface area contributed by atoms with Crippen LogP contribution >= 0.6 is 0 Å². The van der Waals surface area contributed by atoms with Gasteiger partial charge in [-0.15, -0.1) is 0 Å². The molecule has 0 saturated carbocycles. The van der Waals surface area contributed by atoms with Gasteiger partial charge < -0.3 is 10.1 Å². The maximum absolute atomic E-state index is 5.19. The van der Waals surface area contributed by atoms with Crippen molar-refractivity contribution in [3.8, 4) is 5.88 Å². The third-order valence-electron chi connectivity index (χ3n) is 4.93. The summed E-state index contributed by atoms with van der Waals surface area (Å²) >= 11 is 0.